The highest BCUT2D eigenvalue weighted by atomic mass is 16.5. The Hall–Kier alpha value is -2.74. The molecule has 1 aliphatic rings. The number of pyridine rings is 1. The van der Waals surface area contributed by atoms with Crippen molar-refractivity contribution in [2.45, 2.75) is 18.9 Å². The van der Waals surface area contributed by atoms with E-state index >= 15 is 0 Å². The van der Waals surface area contributed by atoms with Crippen molar-refractivity contribution in [1.29, 1.82) is 0 Å². The van der Waals surface area contributed by atoms with Gasteiger partial charge in [0, 0.05) is 25.6 Å². The molecule has 1 fully saturated rings. The summed E-state index contributed by atoms with van der Waals surface area (Å²) >= 11 is 0. The second-order valence-corrected chi connectivity index (χ2v) is 5.48. The van der Waals surface area contributed by atoms with Crippen LogP contribution in [-0.4, -0.2) is 43.9 Å². The molecule has 1 saturated heterocycles. The van der Waals surface area contributed by atoms with Gasteiger partial charge in [-0.1, -0.05) is 0 Å². The number of H-pyrrole nitrogens is 1. The van der Waals surface area contributed by atoms with Crippen LogP contribution >= 0.6 is 0 Å². The third kappa shape index (κ3) is 2.80. The zero-order valence-corrected chi connectivity index (χ0v) is 12.4. The Balaban J connectivity index is 1.49. The number of fused-ring (bicyclic) bond motifs is 1. The maximum Gasteiger partial charge on any atom is 0.261 e. The molecule has 1 amide bonds. The first kappa shape index (κ1) is 13.9. The van der Waals surface area contributed by atoms with E-state index in [9.17, 15) is 4.79 Å². The monoisotopic (exact) mass is 312 g/mol. The molecule has 0 atom stereocenters. The van der Waals surface area contributed by atoms with E-state index in [-0.39, 0.29) is 5.91 Å². The topological polar surface area (TPSA) is 97.7 Å². The SMILES string of the molecule is O=C(Nc1nc2ccncc2[nH]1)c1cnn(C2CCOCC2)c1. The van der Waals surface area contributed by atoms with Crippen LogP contribution in [0.5, 0.6) is 0 Å². The Labute approximate surface area is 131 Å². The molecule has 3 aromatic heterocycles. The summed E-state index contributed by atoms with van der Waals surface area (Å²) < 4.78 is 7.19. The van der Waals surface area contributed by atoms with Gasteiger partial charge in [0.2, 0.25) is 5.95 Å². The molecular weight excluding hydrogens is 296 g/mol. The third-order valence-electron chi connectivity index (χ3n) is 3.94. The first-order chi connectivity index (χ1) is 11.3. The van der Waals surface area contributed by atoms with Crippen molar-refractivity contribution in [3.8, 4) is 0 Å². The first-order valence-corrected chi connectivity index (χ1v) is 7.52. The number of nitrogens with one attached hydrogen (secondary N) is 2. The fraction of sp³-hybridized carbons (Fsp3) is 0.333. The van der Waals surface area contributed by atoms with Crippen LogP contribution < -0.4 is 5.32 Å². The van der Waals surface area contributed by atoms with Gasteiger partial charge in [-0.05, 0) is 18.9 Å². The van der Waals surface area contributed by atoms with Crippen LogP contribution in [0.1, 0.15) is 29.2 Å². The van der Waals surface area contributed by atoms with Crippen molar-refractivity contribution < 1.29 is 9.53 Å². The second kappa shape index (κ2) is 5.81. The van der Waals surface area contributed by atoms with E-state index in [0.717, 1.165) is 37.1 Å². The molecule has 0 aromatic carbocycles. The fourth-order valence-electron chi connectivity index (χ4n) is 2.70. The molecular formula is C15H16N6O2. The van der Waals surface area contributed by atoms with Crippen molar-refractivity contribution in [1.82, 2.24) is 24.7 Å². The van der Waals surface area contributed by atoms with E-state index in [1.54, 1.807) is 30.9 Å². The number of ether oxygens (including phenoxy) is 1. The van der Waals surface area contributed by atoms with Gasteiger partial charge in [-0.3, -0.25) is 19.8 Å². The van der Waals surface area contributed by atoms with Crippen molar-refractivity contribution in [3.05, 3.63) is 36.4 Å². The summed E-state index contributed by atoms with van der Waals surface area (Å²) in [5.41, 5.74) is 2.05. The van der Waals surface area contributed by atoms with E-state index in [1.807, 2.05) is 4.68 Å². The Kier molecular flexibility index (Phi) is 3.51. The predicted molar refractivity (Wildman–Crippen MR) is 83.2 cm³/mol. The number of anilines is 1. The number of aromatic nitrogens is 5. The van der Waals surface area contributed by atoms with Crippen LogP contribution in [0.2, 0.25) is 0 Å². The molecule has 0 radical (unpaired) electrons. The molecule has 2 N–H and O–H groups in total. The summed E-state index contributed by atoms with van der Waals surface area (Å²) in [5.74, 6) is 0.159. The van der Waals surface area contributed by atoms with Gasteiger partial charge in [0.25, 0.3) is 5.91 Å². The molecule has 0 unspecified atom stereocenters. The smallest absolute Gasteiger partial charge is 0.261 e. The molecule has 8 heteroatoms. The van der Waals surface area contributed by atoms with E-state index in [1.165, 1.54) is 0 Å². The largest absolute Gasteiger partial charge is 0.381 e. The zero-order chi connectivity index (χ0) is 15.6. The molecule has 1 aliphatic heterocycles. The number of carbonyl (C=O) groups is 1. The summed E-state index contributed by atoms with van der Waals surface area (Å²) in [6.45, 7) is 1.47. The van der Waals surface area contributed by atoms with Gasteiger partial charge in [0.15, 0.2) is 0 Å². The highest BCUT2D eigenvalue weighted by Crippen LogP contribution is 2.20. The van der Waals surface area contributed by atoms with Gasteiger partial charge in [0.1, 0.15) is 0 Å². The standard InChI is InChI=1S/C15H16N6O2/c22-14(20-15-18-12-1-4-16-8-13(12)19-15)10-7-17-21(9-10)11-2-5-23-6-3-11/h1,4,7-9,11H,2-3,5-6H2,(H2,18,19,20,22). The quantitative estimate of drug-likeness (QED) is 0.768. The normalized spacial score (nSPS) is 15.8. The number of nitrogens with zero attached hydrogens (tertiary/aromatic N) is 4. The summed E-state index contributed by atoms with van der Waals surface area (Å²) in [5, 5.41) is 7.06. The number of carbonyl (C=O) groups excluding carboxylic acids is 1. The molecule has 0 bridgehead atoms. The molecule has 0 spiro atoms. The highest BCUT2D eigenvalue weighted by Gasteiger charge is 2.18. The molecule has 0 saturated carbocycles. The van der Waals surface area contributed by atoms with Crippen LogP contribution in [0.25, 0.3) is 11.0 Å². The molecule has 4 rings (SSSR count). The van der Waals surface area contributed by atoms with Crippen molar-refractivity contribution in [2.24, 2.45) is 0 Å². The molecule has 4 heterocycles. The van der Waals surface area contributed by atoms with Gasteiger partial charge in [-0.2, -0.15) is 5.10 Å². The average Bonchev–Trinajstić information content (AvgIpc) is 3.22. The molecule has 3 aromatic rings. The van der Waals surface area contributed by atoms with E-state index in [2.05, 4.69) is 25.4 Å². The van der Waals surface area contributed by atoms with E-state index in [0.29, 0.717) is 17.6 Å². The van der Waals surface area contributed by atoms with Gasteiger partial charge in [0.05, 0.1) is 35.0 Å². The van der Waals surface area contributed by atoms with Crippen LogP contribution in [0.15, 0.2) is 30.9 Å². The number of hydrogen-bond acceptors (Lipinski definition) is 5. The molecule has 0 aliphatic carbocycles. The average molecular weight is 312 g/mol. The van der Waals surface area contributed by atoms with Gasteiger partial charge in [-0.25, -0.2) is 4.98 Å². The lowest BCUT2D eigenvalue weighted by atomic mass is 10.1. The van der Waals surface area contributed by atoms with Gasteiger partial charge < -0.3 is 9.72 Å². The summed E-state index contributed by atoms with van der Waals surface area (Å²) in [6, 6.07) is 2.08. The van der Waals surface area contributed by atoms with E-state index in [4.69, 9.17) is 4.74 Å². The van der Waals surface area contributed by atoms with Crippen LogP contribution in [0, 0.1) is 0 Å². The van der Waals surface area contributed by atoms with Crippen molar-refractivity contribution in [2.75, 3.05) is 18.5 Å². The lowest BCUT2D eigenvalue weighted by molar-refractivity contribution is 0.0662. The summed E-state index contributed by atoms with van der Waals surface area (Å²) in [6.07, 6.45) is 8.51. The van der Waals surface area contributed by atoms with Gasteiger partial charge >= 0.3 is 0 Å². The lowest BCUT2D eigenvalue weighted by Gasteiger charge is -2.22. The van der Waals surface area contributed by atoms with Crippen LogP contribution in [-0.2, 0) is 4.74 Å². The number of rotatable bonds is 3. The number of hydrogen-bond donors (Lipinski definition) is 2. The highest BCUT2D eigenvalue weighted by molar-refractivity contribution is 6.03. The fourth-order valence-corrected chi connectivity index (χ4v) is 2.70. The predicted octanol–water partition coefficient (Wildman–Crippen LogP) is 1.76. The van der Waals surface area contributed by atoms with Gasteiger partial charge in [-0.15, -0.1) is 0 Å². The molecule has 8 nitrogen and oxygen atoms in total. The summed E-state index contributed by atoms with van der Waals surface area (Å²) in [7, 11) is 0. The second-order valence-electron chi connectivity index (χ2n) is 5.48. The summed E-state index contributed by atoms with van der Waals surface area (Å²) in [4.78, 5) is 23.7. The lowest BCUT2D eigenvalue weighted by Crippen LogP contribution is -2.20. The van der Waals surface area contributed by atoms with Crippen molar-refractivity contribution >= 4 is 22.9 Å². The minimum atomic E-state index is -0.240. The number of imidazole rings is 1. The number of aromatic amines is 1. The van der Waals surface area contributed by atoms with Crippen LogP contribution in [0.3, 0.4) is 0 Å². The zero-order valence-electron chi connectivity index (χ0n) is 12.4. The molecule has 23 heavy (non-hydrogen) atoms. The van der Waals surface area contributed by atoms with Crippen molar-refractivity contribution in [3.63, 3.8) is 0 Å². The minimum absolute atomic E-state index is 0.240. The van der Waals surface area contributed by atoms with E-state index < -0.39 is 0 Å². The Morgan fingerprint density at radius 1 is 1.35 bits per heavy atom. The Bertz CT molecular complexity index is 800. The number of amides is 1. The molecule has 118 valence electrons. The maximum atomic E-state index is 12.3. The third-order valence-corrected chi connectivity index (χ3v) is 3.94. The van der Waals surface area contributed by atoms with Crippen LogP contribution in [0.4, 0.5) is 5.95 Å². The maximum absolute atomic E-state index is 12.3. The minimum Gasteiger partial charge on any atom is -0.381 e. The Morgan fingerprint density at radius 3 is 3.04 bits per heavy atom. The Morgan fingerprint density at radius 2 is 2.22 bits per heavy atom. The first-order valence-electron chi connectivity index (χ1n) is 7.52.